The molecule has 1 heterocycles. The Morgan fingerprint density at radius 2 is 2.04 bits per heavy atom. The molecular weight excluding hydrogens is 307 g/mol. The highest BCUT2D eigenvalue weighted by molar-refractivity contribution is 6.08. The lowest BCUT2D eigenvalue weighted by molar-refractivity contribution is -0.124. The van der Waals surface area contributed by atoms with E-state index in [1.807, 2.05) is 24.3 Å². The molecule has 0 aromatic heterocycles. The predicted molar refractivity (Wildman–Crippen MR) is 93.8 cm³/mol. The molecule has 0 spiro atoms. The Hall–Kier alpha value is -1.91. The van der Waals surface area contributed by atoms with Crippen LogP contribution in [-0.2, 0) is 15.0 Å². The van der Waals surface area contributed by atoms with E-state index in [4.69, 9.17) is 0 Å². The van der Waals surface area contributed by atoms with Crippen LogP contribution in [0.1, 0.15) is 45.6 Å². The predicted octanol–water partition coefficient (Wildman–Crippen LogP) is 3.20. The summed E-state index contributed by atoms with van der Waals surface area (Å²) in [4.78, 5) is 25.9. The number of fused-ring (bicyclic) bond motifs is 1. The van der Waals surface area contributed by atoms with Gasteiger partial charge in [-0.25, -0.2) is 4.39 Å². The number of nitrogens with one attached hydrogen (secondary N) is 1. The molecule has 0 fully saturated rings. The van der Waals surface area contributed by atoms with Crippen molar-refractivity contribution in [2.75, 3.05) is 24.7 Å². The number of hydrogen-bond donors (Lipinski definition) is 1. The zero-order chi connectivity index (χ0) is 17.7. The van der Waals surface area contributed by atoms with Crippen LogP contribution in [0.3, 0.4) is 0 Å². The highest BCUT2D eigenvalue weighted by atomic mass is 19.1. The molecule has 2 amide bonds. The zero-order valence-corrected chi connectivity index (χ0v) is 14.8. The number of anilines is 1. The molecule has 1 aliphatic rings. The maximum absolute atomic E-state index is 13.2. The molecule has 2 rings (SSSR count). The number of amides is 2. The van der Waals surface area contributed by atoms with Crippen molar-refractivity contribution in [2.45, 2.75) is 45.4 Å². The summed E-state index contributed by atoms with van der Waals surface area (Å²) < 4.78 is 13.0. The Morgan fingerprint density at radius 1 is 1.33 bits per heavy atom. The molecule has 1 aliphatic heterocycles. The van der Waals surface area contributed by atoms with E-state index >= 15 is 0 Å². The van der Waals surface area contributed by atoms with E-state index < -0.39 is 12.1 Å². The highest BCUT2D eigenvalue weighted by Crippen LogP contribution is 2.48. The number of benzene rings is 1. The number of carbonyl (C=O) groups excluding carboxylic acids is 2. The smallest absolute Gasteiger partial charge is 0.237 e. The molecule has 1 aromatic carbocycles. The molecule has 5 heteroatoms. The van der Waals surface area contributed by atoms with Gasteiger partial charge in [0.15, 0.2) is 0 Å². The first-order valence-corrected chi connectivity index (χ1v) is 8.64. The molecule has 132 valence electrons. The molecule has 0 saturated carbocycles. The fourth-order valence-corrected chi connectivity index (χ4v) is 3.80. The summed E-state index contributed by atoms with van der Waals surface area (Å²) in [5.74, 6) is 0.274. The number of rotatable bonds is 8. The van der Waals surface area contributed by atoms with Gasteiger partial charge in [0.05, 0.1) is 12.0 Å². The third-order valence-electron chi connectivity index (χ3n) is 4.58. The monoisotopic (exact) mass is 334 g/mol. The van der Waals surface area contributed by atoms with Crippen molar-refractivity contribution in [3.63, 3.8) is 0 Å². The van der Waals surface area contributed by atoms with Crippen LogP contribution < -0.4 is 10.2 Å². The van der Waals surface area contributed by atoms with E-state index in [1.165, 1.54) is 6.92 Å². The maximum Gasteiger partial charge on any atom is 0.237 e. The van der Waals surface area contributed by atoms with Crippen molar-refractivity contribution in [3.05, 3.63) is 29.8 Å². The van der Waals surface area contributed by atoms with Crippen molar-refractivity contribution in [1.29, 1.82) is 0 Å². The van der Waals surface area contributed by atoms with Gasteiger partial charge < -0.3 is 10.2 Å². The van der Waals surface area contributed by atoms with E-state index in [0.29, 0.717) is 18.9 Å². The summed E-state index contributed by atoms with van der Waals surface area (Å²) in [5, 5.41) is 2.79. The first-order valence-electron chi connectivity index (χ1n) is 8.64. The fraction of sp³-hybridized carbons (Fsp3) is 0.579. The summed E-state index contributed by atoms with van der Waals surface area (Å²) in [6, 6.07) is 7.72. The topological polar surface area (TPSA) is 49.4 Å². The van der Waals surface area contributed by atoms with Gasteiger partial charge in [-0.3, -0.25) is 9.59 Å². The van der Waals surface area contributed by atoms with Gasteiger partial charge in [0.2, 0.25) is 11.8 Å². The van der Waals surface area contributed by atoms with Crippen molar-refractivity contribution >= 4 is 17.5 Å². The summed E-state index contributed by atoms with van der Waals surface area (Å²) in [6.45, 7) is 5.79. The van der Waals surface area contributed by atoms with E-state index in [1.54, 1.807) is 4.90 Å². The fourth-order valence-electron chi connectivity index (χ4n) is 3.80. The van der Waals surface area contributed by atoms with Gasteiger partial charge in [0.25, 0.3) is 0 Å². The summed E-state index contributed by atoms with van der Waals surface area (Å²) >= 11 is 0. The van der Waals surface area contributed by atoms with Gasteiger partial charge in [-0.2, -0.15) is 0 Å². The number of para-hydroxylation sites is 1. The van der Waals surface area contributed by atoms with Crippen LogP contribution >= 0.6 is 0 Å². The third-order valence-corrected chi connectivity index (χ3v) is 4.58. The van der Waals surface area contributed by atoms with Crippen molar-refractivity contribution in [3.8, 4) is 0 Å². The van der Waals surface area contributed by atoms with E-state index in [0.717, 1.165) is 24.1 Å². The standard InChI is InChI=1S/C19H27FN2O2/c1-14(2)13-19(9-6-11-21-15(3)23)16-7-4-5-8-17(16)22(12-10-20)18(19)24/h4-5,7-8,14H,6,9-13H2,1-3H3,(H,21,23)/t19-/m0/s1. The Labute approximate surface area is 143 Å². The number of nitrogens with zero attached hydrogens (tertiary/aromatic N) is 1. The lowest BCUT2D eigenvalue weighted by Crippen LogP contribution is -2.42. The van der Waals surface area contributed by atoms with Crippen LogP contribution in [0, 0.1) is 5.92 Å². The molecule has 0 saturated heterocycles. The van der Waals surface area contributed by atoms with Crippen LogP contribution in [-0.4, -0.2) is 31.6 Å². The quantitative estimate of drug-likeness (QED) is 0.742. The molecule has 0 radical (unpaired) electrons. The molecule has 0 bridgehead atoms. The minimum atomic E-state index is -0.613. The maximum atomic E-state index is 13.2. The van der Waals surface area contributed by atoms with Crippen LogP contribution in [0.5, 0.6) is 0 Å². The Balaban J connectivity index is 2.34. The van der Waals surface area contributed by atoms with Gasteiger partial charge in [-0.15, -0.1) is 0 Å². The van der Waals surface area contributed by atoms with Crippen LogP contribution in [0.25, 0.3) is 0 Å². The minimum absolute atomic E-state index is 0.00197. The first-order chi connectivity index (χ1) is 11.4. The van der Waals surface area contributed by atoms with Crippen LogP contribution in [0.4, 0.5) is 10.1 Å². The summed E-state index contributed by atoms with van der Waals surface area (Å²) in [6.07, 6.45) is 2.10. The summed E-state index contributed by atoms with van der Waals surface area (Å²) in [5.41, 5.74) is 1.22. The van der Waals surface area contributed by atoms with E-state index in [9.17, 15) is 14.0 Å². The average Bonchev–Trinajstić information content (AvgIpc) is 2.75. The van der Waals surface area contributed by atoms with Crippen molar-refractivity contribution in [2.24, 2.45) is 5.92 Å². The Kier molecular flexibility index (Phi) is 5.97. The summed E-state index contributed by atoms with van der Waals surface area (Å²) in [7, 11) is 0. The average molecular weight is 334 g/mol. The largest absolute Gasteiger partial charge is 0.356 e. The molecule has 1 atom stereocenters. The number of carbonyl (C=O) groups is 2. The molecule has 4 nitrogen and oxygen atoms in total. The molecule has 24 heavy (non-hydrogen) atoms. The van der Waals surface area contributed by atoms with E-state index in [2.05, 4.69) is 19.2 Å². The highest BCUT2D eigenvalue weighted by Gasteiger charge is 2.49. The van der Waals surface area contributed by atoms with Crippen LogP contribution in [0.2, 0.25) is 0 Å². The van der Waals surface area contributed by atoms with Gasteiger partial charge in [0.1, 0.15) is 6.67 Å². The Morgan fingerprint density at radius 3 is 2.67 bits per heavy atom. The van der Waals surface area contributed by atoms with Crippen molar-refractivity contribution < 1.29 is 14.0 Å². The normalized spacial score (nSPS) is 19.7. The lowest BCUT2D eigenvalue weighted by atomic mass is 9.72. The molecule has 0 aliphatic carbocycles. The minimum Gasteiger partial charge on any atom is -0.356 e. The van der Waals surface area contributed by atoms with Gasteiger partial charge in [0, 0.05) is 19.2 Å². The number of halogens is 1. The zero-order valence-electron chi connectivity index (χ0n) is 14.8. The Bertz CT molecular complexity index is 603. The van der Waals surface area contributed by atoms with Gasteiger partial charge >= 0.3 is 0 Å². The molecule has 1 N–H and O–H groups in total. The lowest BCUT2D eigenvalue weighted by Gasteiger charge is -2.30. The second-order valence-electron chi connectivity index (χ2n) is 6.93. The van der Waals surface area contributed by atoms with E-state index in [-0.39, 0.29) is 18.4 Å². The van der Waals surface area contributed by atoms with Crippen molar-refractivity contribution in [1.82, 2.24) is 5.32 Å². The van der Waals surface area contributed by atoms with Gasteiger partial charge in [-0.05, 0) is 36.8 Å². The second kappa shape index (κ2) is 7.77. The molecule has 1 aromatic rings. The van der Waals surface area contributed by atoms with Gasteiger partial charge in [-0.1, -0.05) is 32.0 Å². The first kappa shape index (κ1) is 18.4. The number of hydrogen-bond acceptors (Lipinski definition) is 2. The SMILES string of the molecule is CC(=O)NCCC[C@@]1(CC(C)C)C(=O)N(CCF)c2ccccc21. The van der Waals surface area contributed by atoms with Crippen LogP contribution in [0.15, 0.2) is 24.3 Å². The molecular formula is C19H27FN2O2. The molecule has 0 unspecified atom stereocenters. The third kappa shape index (κ3) is 3.60. The second-order valence-corrected chi connectivity index (χ2v) is 6.93. The number of alkyl halides is 1.